The Morgan fingerprint density at radius 2 is 2.04 bits per heavy atom. The quantitative estimate of drug-likeness (QED) is 0.793. The number of ether oxygens (including phenoxy) is 2. The molecule has 5 nitrogen and oxygen atoms in total. The Morgan fingerprint density at radius 3 is 2.70 bits per heavy atom. The molecule has 5 heteroatoms. The molecule has 0 aliphatic carbocycles. The van der Waals surface area contributed by atoms with E-state index >= 15 is 0 Å². The van der Waals surface area contributed by atoms with Gasteiger partial charge in [0.05, 0.1) is 18.2 Å². The second-order valence-electron chi connectivity index (χ2n) is 5.59. The van der Waals surface area contributed by atoms with Gasteiger partial charge in [-0.15, -0.1) is 0 Å². The van der Waals surface area contributed by atoms with Crippen LogP contribution in [0, 0.1) is 13.8 Å². The van der Waals surface area contributed by atoms with Crippen molar-refractivity contribution in [3.05, 3.63) is 50.9 Å². The van der Waals surface area contributed by atoms with Crippen LogP contribution in [0.15, 0.2) is 27.4 Å². The van der Waals surface area contributed by atoms with Crippen molar-refractivity contribution in [1.82, 2.24) is 0 Å². The zero-order valence-corrected chi connectivity index (χ0v) is 13.6. The van der Waals surface area contributed by atoms with Crippen LogP contribution in [0.3, 0.4) is 0 Å². The minimum atomic E-state index is -0.656. The highest BCUT2D eigenvalue weighted by Gasteiger charge is 2.33. The fraction of sp³-hybridized carbons (Fsp3) is 0.333. The number of methoxy groups -OCH3 is 1. The molecule has 1 aromatic carbocycles. The highest BCUT2D eigenvalue weighted by molar-refractivity contribution is 5.88. The second kappa shape index (κ2) is 5.57. The van der Waals surface area contributed by atoms with Crippen LogP contribution in [0.5, 0.6) is 5.75 Å². The largest absolute Gasteiger partial charge is 0.484 e. The Labute approximate surface area is 133 Å². The normalized spacial score (nSPS) is 15.4. The van der Waals surface area contributed by atoms with Crippen LogP contribution in [-0.2, 0) is 4.74 Å². The summed E-state index contributed by atoms with van der Waals surface area (Å²) in [4.78, 5) is 24.7. The Bertz CT molecular complexity index is 847. The Morgan fingerprint density at radius 1 is 1.30 bits per heavy atom. The topological polar surface area (TPSA) is 65.7 Å². The van der Waals surface area contributed by atoms with Gasteiger partial charge in [0.25, 0.3) is 0 Å². The highest BCUT2D eigenvalue weighted by Crippen LogP contribution is 2.44. The molecule has 1 atom stereocenters. The van der Waals surface area contributed by atoms with Crippen molar-refractivity contribution in [3.8, 4) is 17.1 Å². The fourth-order valence-electron chi connectivity index (χ4n) is 2.90. The number of hydrogen-bond donors (Lipinski definition) is 0. The van der Waals surface area contributed by atoms with E-state index in [4.69, 9.17) is 13.9 Å². The first-order chi connectivity index (χ1) is 11.0. The number of benzene rings is 1. The molecule has 0 radical (unpaired) electrons. The molecule has 0 saturated carbocycles. The maximum Gasteiger partial charge on any atom is 0.374 e. The van der Waals surface area contributed by atoms with Gasteiger partial charge in [-0.2, -0.15) is 0 Å². The molecule has 0 N–H and O–H groups in total. The van der Waals surface area contributed by atoms with E-state index in [9.17, 15) is 9.59 Å². The summed E-state index contributed by atoms with van der Waals surface area (Å²) in [6.07, 6.45) is 0.239. The van der Waals surface area contributed by atoms with Crippen LogP contribution >= 0.6 is 0 Å². The summed E-state index contributed by atoms with van der Waals surface area (Å²) < 4.78 is 16.6. The third kappa shape index (κ3) is 2.23. The number of fused-ring (bicyclic) bond motifs is 3. The van der Waals surface area contributed by atoms with E-state index in [0.717, 1.165) is 5.56 Å². The molecule has 0 bridgehead atoms. The zero-order valence-electron chi connectivity index (χ0n) is 13.6. The lowest BCUT2D eigenvalue weighted by atomic mass is 9.94. The van der Waals surface area contributed by atoms with Gasteiger partial charge in [-0.1, -0.05) is 19.1 Å². The van der Waals surface area contributed by atoms with Crippen molar-refractivity contribution >= 4 is 5.97 Å². The summed E-state index contributed by atoms with van der Waals surface area (Å²) in [6.45, 7) is 5.45. The lowest BCUT2D eigenvalue weighted by Crippen LogP contribution is -2.26. The van der Waals surface area contributed by atoms with E-state index in [1.807, 2.05) is 32.0 Å². The van der Waals surface area contributed by atoms with Gasteiger partial charge in [0.15, 0.2) is 5.43 Å². The van der Waals surface area contributed by atoms with E-state index < -0.39 is 5.97 Å². The van der Waals surface area contributed by atoms with Gasteiger partial charge in [0, 0.05) is 5.56 Å². The van der Waals surface area contributed by atoms with Crippen molar-refractivity contribution in [2.24, 2.45) is 0 Å². The van der Waals surface area contributed by atoms with Gasteiger partial charge in [0.2, 0.25) is 5.76 Å². The smallest absolute Gasteiger partial charge is 0.374 e. The van der Waals surface area contributed by atoms with Crippen molar-refractivity contribution in [3.63, 3.8) is 0 Å². The summed E-state index contributed by atoms with van der Waals surface area (Å²) in [7, 11) is 1.26. The molecule has 0 spiro atoms. The Balaban J connectivity index is 2.38. The van der Waals surface area contributed by atoms with Crippen LogP contribution in [0.2, 0.25) is 0 Å². The first-order valence-corrected chi connectivity index (χ1v) is 7.52. The lowest BCUT2D eigenvalue weighted by molar-refractivity contribution is 0.0560. The molecular weight excluding hydrogens is 296 g/mol. The Kier molecular flexibility index (Phi) is 3.72. The monoisotopic (exact) mass is 314 g/mol. The first kappa shape index (κ1) is 15.3. The third-order valence-electron chi connectivity index (χ3n) is 4.15. The molecule has 1 aliphatic rings. The van der Waals surface area contributed by atoms with Crippen LogP contribution in [0.25, 0.3) is 11.3 Å². The summed E-state index contributed by atoms with van der Waals surface area (Å²) >= 11 is 0. The van der Waals surface area contributed by atoms with Crippen molar-refractivity contribution in [2.75, 3.05) is 7.11 Å². The van der Waals surface area contributed by atoms with Crippen LogP contribution in [0.4, 0.5) is 0 Å². The van der Waals surface area contributed by atoms with Crippen LogP contribution < -0.4 is 10.2 Å². The SMILES string of the molecule is CCC1Oc2c(C)cccc2-c2oc(C(=O)OC)c(C)c(=O)c21. The van der Waals surface area contributed by atoms with E-state index in [1.165, 1.54) is 7.11 Å². The van der Waals surface area contributed by atoms with E-state index in [-0.39, 0.29) is 22.9 Å². The number of esters is 1. The third-order valence-corrected chi connectivity index (χ3v) is 4.15. The molecule has 0 saturated heterocycles. The van der Waals surface area contributed by atoms with Gasteiger partial charge in [-0.25, -0.2) is 4.79 Å². The van der Waals surface area contributed by atoms with Crippen molar-refractivity contribution < 1.29 is 18.7 Å². The minimum absolute atomic E-state index is 0.0551. The maximum atomic E-state index is 12.8. The number of carbonyl (C=O) groups excluding carboxylic acids is 1. The maximum absolute atomic E-state index is 12.8. The van der Waals surface area contributed by atoms with Gasteiger partial charge in [-0.3, -0.25) is 4.79 Å². The van der Waals surface area contributed by atoms with Crippen molar-refractivity contribution in [1.29, 1.82) is 0 Å². The van der Waals surface area contributed by atoms with Gasteiger partial charge < -0.3 is 13.9 Å². The molecular formula is C18H18O5. The van der Waals surface area contributed by atoms with E-state index in [2.05, 4.69) is 0 Å². The van der Waals surface area contributed by atoms with Crippen molar-refractivity contribution in [2.45, 2.75) is 33.3 Å². The van der Waals surface area contributed by atoms with Crippen LogP contribution in [-0.4, -0.2) is 13.1 Å². The van der Waals surface area contributed by atoms with Gasteiger partial charge in [0.1, 0.15) is 17.6 Å². The average molecular weight is 314 g/mol. The molecule has 0 fully saturated rings. The first-order valence-electron chi connectivity index (χ1n) is 7.52. The summed E-state index contributed by atoms with van der Waals surface area (Å²) in [5.41, 5.74) is 2.12. The molecule has 1 aliphatic heterocycles. The number of para-hydroxylation sites is 1. The predicted octanol–water partition coefficient (Wildman–Crippen LogP) is 3.55. The number of rotatable bonds is 2. The second-order valence-corrected chi connectivity index (χ2v) is 5.59. The van der Waals surface area contributed by atoms with E-state index in [0.29, 0.717) is 29.1 Å². The molecule has 120 valence electrons. The molecule has 2 heterocycles. The Hall–Kier alpha value is -2.56. The zero-order chi connectivity index (χ0) is 16.7. The molecule has 3 rings (SSSR count). The summed E-state index contributed by atoms with van der Waals surface area (Å²) in [5, 5.41) is 0. The lowest BCUT2D eigenvalue weighted by Gasteiger charge is -2.28. The predicted molar refractivity (Wildman–Crippen MR) is 84.9 cm³/mol. The number of hydrogen-bond acceptors (Lipinski definition) is 5. The molecule has 1 aromatic heterocycles. The summed E-state index contributed by atoms with van der Waals surface area (Å²) in [6, 6.07) is 5.63. The average Bonchev–Trinajstić information content (AvgIpc) is 2.56. The van der Waals surface area contributed by atoms with Crippen LogP contribution in [0.1, 0.15) is 46.7 Å². The van der Waals surface area contributed by atoms with E-state index in [1.54, 1.807) is 6.92 Å². The highest BCUT2D eigenvalue weighted by atomic mass is 16.5. The standard InChI is InChI=1S/C18H18O5/c1-5-12-13-14(19)10(3)16(18(20)21-4)23-17(13)11-8-6-7-9(2)15(11)22-12/h6-8,12H,5H2,1-4H3. The molecule has 1 unspecified atom stereocenters. The van der Waals surface area contributed by atoms with Gasteiger partial charge in [-0.05, 0) is 31.9 Å². The molecule has 2 aromatic rings. The molecule has 0 amide bonds. The summed E-state index contributed by atoms with van der Waals surface area (Å²) in [5.74, 6) is 0.379. The number of carbonyl (C=O) groups is 1. The molecule has 23 heavy (non-hydrogen) atoms. The number of aryl methyl sites for hydroxylation is 1. The van der Waals surface area contributed by atoms with Gasteiger partial charge >= 0.3 is 5.97 Å². The minimum Gasteiger partial charge on any atom is -0.484 e. The fourth-order valence-corrected chi connectivity index (χ4v) is 2.90.